The molecule has 0 aliphatic rings. The third-order valence-electron chi connectivity index (χ3n) is 1.73. The average molecular weight is 178 g/mol. The van der Waals surface area contributed by atoms with E-state index >= 15 is 0 Å². The Bertz CT molecular complexity index is 298. The number of nitrogens with two attached hydrogens (primary N) is 1. The monoisotopic (exact) mass is 178 g/mol. The predicted molar refractivity (Wildman–Crippen MR) is 48.9 cm³/mol. The van der Waals surface area contributed by atoms with Crippen LogP contribution in [-0.4, -0.2) is 11.9 Å². The number of rotatable bonds is 4. The highest BCUT2D eigenvalue weighted by Crippen LogP contribution is 2.04. The van der Waals surface area contributed by atoms with Crippen molar-refractivity contribution < 1.29 is 4.79 Å². The molecule has 1 amide bonds. The van der Waals surface area contributed by atoms with Gasteiger partial charge in [0.05, 0.1) is 0 Å². The van der Waals surface area contributed by atoms with E-state index in [1.165, 1.54) is 0 Å². The number of carbonyl (C=O) groups excluding carboxylic acids is 1. The molecule has 0 unspecified atom stereocenters. The first-order valence-electron chi connectivity index (χ1n) is 3.89. The summed E-state index contributed by atoms with van der Waals surface area (Å²) < 4.78 is 0. The summed E-state index contributed by atoms with van der Waals surface area (Å²) in [5.41, 5.74) is 5.84. The highest BCUT2D eigenvalue weighted by molar-refractivity contribution is 5.80. The normalized spacial score (nSPS) is 12.0. The summed E-state index contributed by atoms with van der Waals surface area (Å²) >= 11 is 0. The molecule has 1 atom stereocenters. The van der Waals surface area contributed by atoms with Crippen LogP contribution in [0.1, 0.15) is 5.56 Å². The molecular weight excluding hydrogens is 168 g/mol. The summed E-state index contributed by atoms with van der Waals surface area (Å²) in [7, 11) is 0. The van der Waals surface area contributed by atoms with Gasteiger partial charge in [-0.3, -0.25) is 4.79 Å². The molecule has 13 heavy (non-hydrogen) atoms. The number of benzene rings is 1. The Balaban J connectivity index is 2.67. The Morgan fingerprint density at radius 1 is 1.38 bits per heavy atom. The van der Waals surface area contributed by atoms with Gasteiger partial charge in [0.25, 0.3) is 0 Å². The fourth-order valence-electron chi connectivity index (χ4n) is 1.03. The molecule has 0 bridgehead atoms. The third-order valence-corrected chi connectivity index (χ3v) is 1.73. The molecule has 2 N–H and O–H groups in total. The van der Waals surface area contributed by atoms with Crippen molar-refractivity contribution in [3.05, 3.63) is 40.8 Å². The van der Waals surface area contributed by atoms with Crippen LogP contribution in [0.4, 0.5) is 0 Å². The lowest BCUT2D eigenvalue weighted by Crippen LogP contribution is -2.28. The second kappa shape index (κ2) is 4.35. The zero-order valence-electron chi connectivity index (χ0n) is 7.01. The molecule has 0 aromatic heterocycles. The summed E-state index contributed by atoms with van der Waals surface area (Å²) in [6.07, 6.45) is 0.277. The molecule has 1 aromatic carbocycles. The van der Waals surface area contributed by atoms with Crippen molar-refractivity contribution in [1.82, 2.24) is 0 Å². The van der Waals surface area contributed by atoms with Gasteiger partial charge in [-0.1, -0.05) is 35.5 Å². The summed E-state index contributed by atoms with van der Waals surface area (Å²) in [5.74, 6) is -0.682. The van der Waals surface area contributed by atoms with Crippen molar-refractivity contribution in [2.24, 2.45) is 10.9 Å². The molecule has 4 heteroatoms. The van der Waals surface area contributed by atoms with Gasteiger partial charge < -0.3 is 5.73 Å². The standard InChI is InChI=1S/C9H10N2O2/c10-9(12)8(11-13)6-7-4-2-1-3-5-7/h1-5,8H,6H2,(H2,10,12)/t8-/m1/s1. The van der Waals surface area contributed by atoms with Crippen LogP contribution in [0.5, 0.6) is 0 Å². The van der Waals surface area contributed by atoms with Crippen molar-refractivity contribution >= 4 is 5.91 Å². The minimum atomic E-state index is -0.956. The molecule has 0 aliphatic carbocycles. The molecule has 0 fully saturated rings. The molecule has 4 nitrogen and oxygen atoms in total. The van der Waals surface area contributed by atoms with Crippen LogP contribution in [0.15, 0.2) is 35.5 Å². The Kier molecular flexibility index (Phi) is 3.14. The van der Waals surface area contributed by atoms with Crippen LogP contribution < -0.4 is 5.73 Å². The lowest BCUT2D eigenvalue weighted by Gasteiger charge is -2.03. The number of nitrogens with zero attached hydrogens (tertiary/aromatic N) is 1. The maximum atomic E-state index is 10.7. The van der Waals surface area contributed by atoms with Crippen molar-refractivity contribution in [1.29, 1.82) is 0 Å². The van der Waals surface area contributed by atoms with Crippen molar-refractivity contribution in [2.45, 2.75) is 12.5 Å². The summed E-state index contributed by atoms with van der Waals surface area (Å²) in [6.45, 7) is 0. The van der Waals surface area contributed by atoms with E-state index in [2.05, 4.69) is 5.18 Å². The van der Waals surface area contributed by atoms with Crippen molar-refractivity contribution in [2.75, 3.05) is 0 Å². The van der Waals surface area contributed by atoms with Gasteiger partial charge in [-0.15, -0.1) is 4.91 Å². The Hall–Kier alpha value is -1.71. The molecule has 68 valence electrons. The quantitative estimate of drug-likeness (QED) is 0.694. The summed E-state index contributed by atoms with van der Waals surface area (Å²) in [4.78, 5) is 20.9. The van der Waals surface area contributed by atoms with Gasteiger partial charge in [0.2, 0.25) is 5.91 Å². The number of amides is 1. The van der Waals surface area contributed by atoms with E-state index < -0.39 is 11.9 Å². The van der Waals surface area contributed by atoms with Gasteiger partial charge >= 0.3 is 0 Å². The first kappa shape index (κ1) is 9.38. The van der Waals surface area contributed by atoms with Crippen LogP contribution in [0, 0.1) is 4.91 Å². The van der Waals surface area contributed by atoms with E-state index in [1.807, 2.05) is 30.3 Å². The molecular formula is C9H10N2O2. The van der Waals surface area contributed by atoms with E-state index in [1.54, 1.807) is 0 Å². The molecule has 1 rings (SSSR count). The zero-order valence-corrected chi connectivity index (χ0v) is 7.01. The van der Waals surface area contributed by atoms with Gasteiger partial charge in [-0.05, 0) is 5.56 Å². The second-order valence-electron chi connectivity index (χ2n) is 2.71. The first-order chi connectivity index (χ1) is 6.24. The van der Waals surface area contributed by atoms with Crippen molar-refractivity contribution in [3.8, 4) is 0 Å². The number of hydrogen-bond acceptors (Lipinski definition) is 3. The van der Waals surface area contributed by atoms with E-state index in [0.29, 0.717) is 0 Å². The van der Waals surface area contributed by atoms with Crippen LogP contribution in [0.25, 0.3) is 0 Å². The van der Waals surface area contributed by atoms with Gasteiger partial charge in [0.1, 0.15) is 0 Å². The summed E-state index contributed by atoms with van der Waals surface area (Å²) in [6, 6.07) is 8.21. The maximum Gasteiger partial charge on any atom is 0.246 e. The molecule has 0 radical (unpaired) electrons. The van der Waals surface area contributed by atoms with Gasteiger partial charge in [0, 0.05) is 6.42 Å². The van der Waals surface area contributed by atoms with Gasteiger partial charge in [0.15, 0.2) is 6.04 Å². The maximum absolute atomic E-state index is 10.7. The topological polar surface area (TPSA) is 72.5 Å². The van der Waals surface area contributed by atoms with Crippen LogP contribution >= 0.6 is 0 Å². The minimum Gasteiger partial charge on any atom is -0.368 e. The summed E-state index contributed by atoms with van der Waals surface area (Å²) in [5, 5.41) is 2.66. The van der Waals surface area contributed by atoms with Crippen molar-refractivity contribution in [3.63, 3.8) is 0 Å². The predicted octanol–water partition coefficient (Wildman–Crippen LogP) is 0.849. The largest absolute Gasteiger partial charge is 0.368 e. The minimum absolute atomic E-state index is 0.277. The average Bonchev–Trinajstić information content (AvgIpc) is 2.15. The van der Waals surface area contributed by atoms with Crippen LogP contribution in [0.3, 0.4) is 0 Å². The fourth-order valence-corrected chi connectivity index (χ4v) is 1.03. The Morgan fingerprint density at radius 2 is 2.00 bits per heavy atom. The number of nitroso groups, excluding NO2 is 1. The third kappa shape index (κ3) is 2.66. The van der Waals surface area contributed by atoms with Gasteiger partial charge in [-0.25, -0.2) is 0 Å². The molecule has 0 saturated carbocycles. The lowest BCUT2D eigenvalue weighted by molar-refractivity contribution is -0.119. The molecule has 0 aliphatic heterocycles. The number of primary amides is 1. The highest BCUT2D eigenvalue weighted by Gasteiger charge is 2.15. The fraction of sp³-hybridized carbons (Fsp3) is 0.222. The number of carbonyl (C=O) groups is 1. The van der Waals surface area contributed by atoms with E-state index in [0.717, 1.165) is 5.56 Å². The first-order valence-corrected chi connectivity index (χ1v) is 3.89. The SMILES string of the molecule is NC(=O)[C@@H](Cc1ccccc1)N=O. The number of hydrogen-bond donors (Lipinski definition) is 1. The van der Waals surface area contributed by atoms with Gasteiger partial charge in [-0.2, -0.15) is 0 Å². The second-order valence-corrected chi connectivity index (χ2v) is 2.71. The molecule has 0 spiro atoms. The zero-order chi connectivity index (χ0) is 9.68. The smallest absolute Gasteiger partial charge is 0.246 e. The lowest BCUT2D eigenvalue weighted by atomic mass is 10.1. The van der Waals surface area contributed by atoms with E-state index in [4.69, 9.17) is 5.73 Å². The van der Waals surface area contributed by atoms with Crippen LogP contribution in [-0.2, 0) is 11.2 Å². The van der Waals surface area contributed by atoms with E-state index in [-0.39, 0.29) is 6.42 Å². The molecule has 0 heterocycles. The van der Waals surface area contributed by atoms with E-state index in [9.17, 15) is 9.70 Å². The highest BCUT2D eigenvalue weighted by atomic mass is 16.3. The molecule has 1 aromatic rings. The molecule has 0 saturated heterocycles. The van der Waals surface area contributed by atoms with Crippen LogP contribution in [0.2, 0.25) is 0 Å². The Morgan fingerprint density at radius 3 is 2.46 bits per heavy atom. The Labute approximate surface area is 75.7 Å².